The molecule has 0 unspecified atom stereocenters. The second kappa shape index (κ2) is 5.76. The average molecular weight is 296 g/mol. The number of fused-ring (bicyclic) bond motifs is 2. The highest BCUT2D eigenvalue weighted by Gasteiger charge is 2.41. The Morgan fingerprint density at radius 1 is 1.55 bits per heavy atom. The lowest BCUT2D eigenvalue weighted by Crippen LogP contribution is -2.40. The molecule has 20 heavy (non-hydrogen) atoms. The largest absolute Gasteiger partial charge is 0.353 e. The molecule has 110 valence electrons. The number of rotatable bonds is 5. The summed E-state index contributed by atoms with van der Waals surface area (Å²) in [5.74, 6) is 2.58. The molecule has 1 N–H and O–H groups in total. The second-order valence-corrected chi connectivity index (χ2v) is 6.80. The van der Waals surface area contributed by atoms with Crippen LogP contribution in [0, 0.1) is 17.8 Å². The van der Waals surface area contributed by atoms with Crippen molar-refractivity contribution in [2.75, 3.05) is 0 Å². The van der Waals surface area contributed by atoms with Gasteiger partial charge in [0.1, 0.15) is 0 Å². The van der Waals surface area contributed by atoms with E-state index in [0.717, 1.165) is 11.8 Å². The molecule has 0 aliphatic heterocycles. The zero-order valence-electron chi connectivity index (χ0n) is 11.9. The Bertz CT molecular complexity index is 487. The van der Waals surface area contributed by atoms with Crippen molar-refractivity contribution in [3.8, 4) is 0 Å². The van der Waals surface area contributed by atoms with E-state index < -0.39 is 0 Å². The fraction of sp³-hybridized carbons (Fsp3) is 0.733. The molecular formula is C15H22ClN3O. The lowest BCUT2D eigenvalue weighted by molar-refractivity contribution is -0.122. The second-order valence-electron chi connectivity index (χ2n) is 6.37. The van der Waals surface area contributed by atoms with Crippen molar-refractivity contribution < 1.29 is 4.79 Å². The Hall–Kier alpha value is -1.03. The van der Waals surface area contributed by atoms with Crippen LogP contribution in [0.15, 0.2) is 12.4 Å². The van der Waals surface area contributed by atoms with Gasteiger partial charge in [-0.1, -0.05) is 18.0 Å². The molecule has 5 heteroatoms. The van der Waals surface area contributed by atoms with E-state index in [9.17, 15) is 4.79 Å². The summed E-state index contributed by atoms with van der Waals surface area (Å²) in [6, 6.07) is 0.305. The van der Waals surface area contributed by atoms with Gasteiger partial charge in [0.25, 0.3) is 0 Å². The highest BCUT2D eigenvalue weighted by atomic mass is 35.5. The smallest absolute Gasteiger partial charge is 0.222 e. The van der Waals surface area contributed by atoms with Crippen molar-refractivity contribution in [2.24, 2.45) is 17.8 Å². The Kier molecular flexibility index (Phi) is 4.01. The first-order valence-electron chi connectivity index (χ1n) is 7.59. The summed E-state index contributed by atoms with van der Waals surface area (Å²) < 4.78 is 1.71. The fourth-order valence-corrected chi connectivity index (χ4v) is 4.17. The van der Waals surface area contributed by atoms with Crippen LogP contribution >= 0.6 is 11.6 Å². The Labute approximate surface area is 124 Å². The maximum Gasteiger partial charge on any atom is 0.222 e. The predicted molar refractivity (Wildman–Crippen MR) is 78.4 cm³/mol. The van der Waals surface area contributed by atoms with Crippen molar-refractivity contribution in [2.45, 2.75) is 51.6 Å². The molecule has 1 heterocycles. The van der Waals surface area contributed by atoms with Crippen LogP contribution < -0.4 is 5.32 Å². The van der Waals surface area contributed by atoms with Crippen LogP contribution in [0.2, 0.25) is 5.02 Å². The van der Waals surface area contributed by atoms with Crippen LogP contribution in [-0.4, -0.2) is 21.7 Å². The number of aromatic nitrogens is 2. The van der Waals surface area contributed by atoms with Gasteiger partial charge in [-0.25, -0.2) is 0 Å². The minimum absolute atomic E-state index is 0.117. The molecule has 1 aromatic heterocycles. The van der Waals surface area contributed by atoms with Gasteiger partial charge in [-0.05, 0) is 43.9 Å². The third-order valence-electron chi connectivity index (χ3n) is 4.99. The Morgan fingerprint density at radius 3 is 3.00 bits per heavy atom. The van der Waals surface area contributed by atoms with Crippen LogP contribution in [0.25, 0.3) is 0 Å². The minimum atomic E-state index is 0.117. The predicted octanol–water partition coefficient (Wildman–Crippen LogP) is 2.87. The van der Waals surface area contributed by atoms with E-state index >= 15 is 0 Å². The summed E-state index contributed by atoms with van der Waals surface area (Å²) in [6.07, 6.45) is 9.26. The van der Waals surface area contributed by atoms with Gasteiger partial charge in [0.2, 0.25) is 5.91 Å². The molecule has 2 aliphatic carbocycles. The summed E-state index contributed by atoms with van der Waals surface area (Å²) in [6.45, 7) is 2.75. The normalized spacial score (nSPS) is 29.6. The van der Waals surface area contributed by atoms with E-state index in [-0.39, 0.29) is 5.91 Å². The number of nitrogens with one attached hydrogen (secondary N) is 1. The summed E-state index contributed by atoms with van der Waals surface area (Å²) in [5.41, 5.74) is 0. The van der Waals surface area contributed by atoms with Gasteiger partial charge < -0.3 is 5.32 Å². The first-order chi connectivity index (χ1) is 9.61. The number of hydrogen-bond donors (Lipinski definition) is 1. The molecule has 2 fully saturated rings. The maximum absolute atomic E-state index is 12.0. The van der Waals surface area contributed by atoms with Gasteiger partial charge in [0, 0.05) is 25.2 Å². The summed E-state index contributed by atoms with van der Waals surface area (Å²) in [7, 11) is 0. The van der Waals surface area contributed by atoms with Crippen LogP contribution in [0.1, 0.15) is 39.0 Å². The van der Waals surface area contributed by atoms with E-state index in [2.05, 4.69) is 17.3 Å². The molecule has 0 spiro atoms. The van der Waals surface area contributed by atoms with Gasteiger partial charge in [-0.2, -0.15) is 5.10 Å². The van der Waals surface area contributed by atoms with Crippen LogP contribution in [0.4, 0.5) is 0 Å². The monoisotopic (exact) mass is 295 g/mol. The van der Waals surface area contributed by atoms with Crippen molar-refractivity contribution in [3.63, 3.8) is 0 Å². The Morgan fingerprint density at radius 2 is 2.40 bits per heavy atom. The molecule has 2 aliphatic rings. The summed E-state index contributed by atoms with van der Waals surface area (Å²) >= 11 is 5.80. The number of carbonyl (C=O) groups excluding carboxylic acids is 1. The minimum Gasteiger partial charge on any atom is -0.353 e. The summed E-state index contributed by atoms with van der Waals surface area (Å²) in [4.78, 5) is 12.0. The molecule has 0 radical (unpaired) electrons. The number of amides is 1. The number of nitrogens with zero attached hydrogens (tertiary/aromatic N) is 2. The molecule has 3 rings (SSSR count). The maximum atomic E-state index is 12.0. The van der Waals surface area contributed by atoms with Crippen molar-refractivity contribution in [3.05, 3.63) is 17.4 Å². The molecule has 0 aromatic carbocycles. The topological polar surface area (TPSA) is 46.9 Å². The average Bonchev–Trinajstić information content (AvgIpc) is 3.12. The van der Waals surface area contributed by atoms with Crippen LogP contribution in [-0.2, 0) is 11.3 Å². The highest BCUT2D eigenvalue weighted by Crippen LogP contribution is 2.49. The third-order valence-corrected chi connectivity index (χ3v) is 5.19. The molecular weight excluding hydrogens is 274 g/mol. The lowest BCUT2D eigenvalue weighted by atomic mass is 9.84. The number of aryl methyl sites for hydroxylation is 1. The first-order valence-corrected chi connectivity index (χ1v) is 7.97. The van der Waals surface area contributed by atoms with E-state index in [1.807, 2.05) is 0 Å². The van der Waals surface area contributed by atoms with Crippen molar-refractivity contribution >= 4 is 17.5 Å². The van der Waals surface area contributed by atoms with E-state index in [1.165, 1.54) is 25.7 Å². The number of halogens is 1. The van der Waals surface area contributed by atoms with Crippen LogP contribution in [0.3, 0.4) is 0 Å². The summed E-state index contributed by atoms with van der Waals surface area (Å²) in [5, 5.41) is 7.86. The number of hydrogen-bond acceptors (Lipinski definition) is 2. The van der Waals surface area contributed by atoms with E-state index in [1.54, 1.807) is 17.1 Å². The number of carbonyl (C=O) groups is 1. The van der Waals surface area contributed by atoms with Gasteiger partial charge in [0.15, 0.2) is 0 Å². The first kappa shape index (κ1) is 13.9. The molecule has 2 saturated carbocycles. The zero-order chi connectivity index (χ0) is 14.1. The van der Waals surface area contributed by atoms with Crippen molar-refractivity contribution in [1.82, 2.24) is 15.1 Å². The standard InChI is InChI=1S/C15H22ClN3O/c1-10(14-7-11-2-3-12(14)6-11)18-15(20)4-5-19-9-13(16)8-17-19/h8-12,14H,2-7H2,1H3,(H,18,20)/t10-,11+,12+,14+/m1/s1. The zero-order valence-corrected chi connectivity index (χ0v) is 12.6. The molecule has 0 saturated heterocycles. The molecule has 1 amide bonds. The van der Waals surface area contributed by atoms with E-state index in [4.69, 9.17) is 11.6 Å². The molecule has 4 atom stereocenters. The molecule has 1 aromatic rings. The third kappa shape index (κ3) is 3.00. The SMILES string of the molecule is C[C@@H](NC(=O)CCn1cc(Cl)cn1)[C@@H]1C[C@H]2CC[C@H]1C2. The lowest BCUT2D eigenvalue weighted by Gasteiger charge is -2.28. The molecule has 2 bridgehead atoms. The van der Waals surface area contributed by atoms with Crippen LogP contribution in [0.5, 0.6) is 0 Å². The quantitative estimate of drug-likeness (QED) is 0.908. The van der Waals surface area contributed by atoms with Gasteiger partial charge in [-0.3, -0.25) is 9.48 Å². The molecule has 4 nitrogen and oxygen atoms in total. The van der Waals surface area contributed by atoms with Gasteiger partial charge in [0.05, 0.1) is 11.2 Å². The van der Waals surface area contributed by atoms with E-state index in [0.29, 0.717) is 29.9 Å². The Balaban J connectivity index is 1.44. The highest BCUT2D eigenvalue weighted by molar-refractivity contribution is 6.30. The fourth-order valence-electron chi connectivity index (χ4n) is 4.02. The van der Waals surface area contributed by atoms with Gasteiger partial charge in [-0.15, -0.1) is 0 Å². The van der Waals surface area contributed by atoms with Crippen molar-refractivity contribution in [1.29, 1.82) is 0 Å². The van der Waals surface area contributed by atoms with Gasteiger partial charge >= 0.3 is 0 Å².